The summed E-state index contributed by atoms with van der Waals surface area (Å²) in [4.78, 5) is 0. The van der Waals surface area contributed by atoms with E-state index in [0.717, 1.165) is 29.4 Å². The molecule has 1 N–H and O–H groups in total. The fraction of sp³-hybridized carbons (Fsp3) is 0.412. The van der Waals surface area contributed by atoms with Gasteiger partial charge >= 0.3 is 0 Å². The lowest BCUT2D eigenvalue weighted by Crippen LogP contribution is -2.21. The van der Waals surface area contributed by atoms with Gasteiger partial charge in [0.25, 0.3) is 0 Å². The second kappa shape index (κ2) is 7.76. The van der Waals surface area contributed by atoms with Crippen LogP contribution in [0.2, 0.25) is 0 Å². The molecule has 1 aromatic carbocycles. The summed E-state index contributed by atoms with van der Waals surface area (Å²) < 4.78 is 16.3. The molecule has 1 atom stereocenters. The fourth-order valence-corrected chi connectivity index (χ4v) is 3.01. The molecule has 0 fully saturated rings. The topological polar surface area (TPSA) is 17.0 Å². The van der Waals surface area contributed by atoms with Gasteiger partial charge < -0.3 is 9.88 Å². The van der Waals surface area contributed by atoms with Crippen molar-refractivity contribution >= 4 is 15.9 Å². The van der Waals surface area contributed by atoms with Crippen molar-refractivity contribution < 1.29 is 4.39 Å². The Kier molecular flexibility index (Phi) is 6.00. The summed E-state index contributed by atoms with van der Waals surface area (Å²) in [5.74, 6) is -0.206. The molecule has 0 aliphatic heterocycles. The van der Waals surface area contributed by atoms with E-state index in [1.54, 1.807) is 6.07 Å². The van der Waals surface area contributed by atoms with Gasteiger partial charge in [0, 0.05) is 29.5 Å². The maximum absolute atomic E-state index is 13.4. The normalized spacial score (nSPS) is 12.6. The van der Waals surface area contributed by atoms with E-state index < -0.39 is 0 Å². The SMILES string of the molecule is CCCNC(CC)c1ccn(Cc2cc(F)cc(Br)c2)c1. The predicted molar refractivity (Wildman–Crippen MR) is 89.0 cm³/mol. The van der Waals surface area contributed by atoms with E-state index in [0.29, 0.717) is 12.6 Å². The van der Waals surface area contributed by atoms with Crippen LogP contribution in [0.3, 0.4) is 0 Å². The van der Waals surface area contributed by atoms with E-state index in [9.17, 15) is 4.39 Å². The smallest absolute Gasteiger partial charge is 0.124 e. The summed E-state index contributed by atoms with van der Waals surface area (Å²) in [5, 5.41) is 3.55. The largest absolute Gasteiger partial charge is 0.350 e. The van der Waals surface area contributed by atoms with E-state index in [1.165, 1.54) is 11.6 Å². The molecule has 0 aliphatic carbocycles. The number of aromatic nitrogens is 1. The van der Waals surface area contributed by atoms with Crippen LogP contribution >= 0.6 is 15.9 Å². The molecule has 0 saturated carbocycles. The van der Waals surface area contributed by atoms with E-state index in [-0.39, 0.29) is 5.82 Å². The minimum atomic E-state index is -0.206. The van der Waals surface area contributed by atoms with Gasteiger partial charge in [-0.1, -0.05) is 29.8 Å². The third-order valence-corrected chi connectivity index (χ3v) is 3.97. The van der Waals surface area contributed by atoms with Gasteiger partial charge in [0.1, 0.15) is 5.82 Å². The standard InChI is InChI=1S/C17H22BrFN2/c1-3-6-20-17(4-2)14-5-7-21(12-14)11-13-8-15(18)10-16(19)9-13/h5,7-10,12,17,20H,3-4,6,11H2,1-2H3. The summed E-state index contributed by atoms with van der Waals surface area (Å²) in [6.45, 7) is 6.07. The number of hydrogen-bond acceptors (Lipinski definition) is 1. The number of hydrogen-bond donors (Lipinski definition) is 1. The lowest BCUT2D eigenvalue weighted by molar-refractivity contribution is 0.517. The minimum Gasteiger partial charge on any atom is -0.350 e. The van der Waals surface area contributed by atoms with E-state index in [1.807, 2.05) is 6.07 Å². The molecule has 1 heterocycles. The Morgan fingerprint density at radius 3 is 2.76 bits per heavy atom. The van der Waals surface area contributed by atoms with Gasteiger partial charge in [-0.05, 0) is 54.8 Å². The Morgan fingerprint density at radius 1 is 1.29 bits per heavy atom. The molecular weight excluding hydrogens is 331 g/mol. The maximum atomic E-state index is 13.4. The Morgan fingerprint density at radius 2 is 2.10 bits per heavy atom. The van der Waals surface area contributed by atoms with Crippen LogP contribution in [0.1, 0.15) is 43.9 Å². The van der Waals surface area contributed by atoms with Gasteiger partial charge in [-0.15, -0.1) is 0 Å². The van der Waals surface area contributed by atoms with E-state index in [2.05, 4.69) is 58.1 Å². The molecule has 0 amide bonds. The predicted octanol–water partition coefficient (Wildman–Crippen LogP) is 4.89. The molecule has 2 aromatic rings. The first-order valence-corrected chi connectivity index (χ1v) is 8.25. The number of halogens is 2. The second-order valence-electron chi connectivity index (χ2n) is 5.31. The van der Waals surface area contributed by atoms with Crippen LogP contribution in [0.4, 0.5) is 4.39 Å². The van der Waals surface area contributed by atoms with Crippen LogP contribution in [0.15, 0.2) is 41.1 Å². The molecule has 0 bridgehead atoms. The van der Waals surface area contributed by atoms with Crippen molar-refractivity contribution in [2.24, 2.45) is 0 Å². The highest BCUT2D eigenvalue weighted by Crippen LogP contribution is 2.19. The summed E-state index contributed by atoms with van der Waals surface area (Å²) in [5.41, 5.74) is 2.25. The van der Waals surface area contributed by atoms with Crippen molar-refractivity contribution in [3.05, 3.63) is 58.1 Å². The third kappa shape index (κ3) is 4.68. The summed E-state index contributed by atoms with van der Waals surface area (Å²) >= 11 is 3.34. The van der Waals surface area contributed by atoms with Gasteiger partial charge in [-0.3, -0.25) is 0 Å². The van der Waals surface area contributed by atoms with Crippen LogP contribution in [-0.4, -0.2) is 11.1 Å². The van der Waals surface area contributed by atoms with Crippen LogP contribution in [0, 0.1) is 5.82 Å². The summed E-state index contributed by atoms with van der Waals surface area (Å²) in [7, 11) is 0. The summed E-state index contributed by atoms with van der Waals surface area (Å²) in [6.07, 6.45) is 6.41. The van der Waals surface area contributed by atoms with Crippen molar-refractivity contribution in [1.29, 1.82) is 0 Å². The quantitative estimate of drug-likeness (QED) is 0.750. The second-order valence-corrected chi connectivity index (χ2v) is 6.23. The molecule has 0 aliphatic rings. The van der Waals surface area contributed by atoms with Crippen LogP contribution in [-0.2, 0) is 6.54 Å². The van der Waals surface area contributed by atoms with Crippen molar-refractivity contribution in [1.82, 2.24) is 9.88 Å². The average Bonchev–Trinajstić information content (AvgIpc) is 2.87. The Bertz CT molecular complexity index is 560. The number of rotatable bonds is 7. The lowest BCUT2D eigenvalue weighted by Gasteiger charge is -2.15. The number of nitrogens with one attached hydrogen (secondary N) is 1. The zero-order valence-electron chi connectivity index (χ0n) is 12.6. The van der Waals surface area contributed by atoms with E-state index in [4.69, 9.17) is 0 Å². The van der Waals surface area contributed by atoms with Crippen molar-refractivity contribution in [2.75, 3.05) is 6.54 Å². The van der Waals surface area contributed by atoms with Crippen molar-refractivity contribution in [3.8, 4) is 0 Å². The highest BCUT2D eigenvalue weighted by molar-refractivity contribution is 9.10. The zero-order valence-corrected chi connectivity index (χ0v) is 14.2. The highest BCUT2D eigenvalue weighted by atomic mass is 79.9. The molecule has 114 valence electrons. The Hall–Kier alpha value is -1.13. The monoisotopic (exact) mass is 352 g/mol. The molecule has 0 spiro atoms. The maximum Gasteiger partial charge on any atom is 0.124 e. The molecule has 1 aromatic heterocycles. The first kappa shape index (κ1) is 16.2. The molecule has 0 saturated heterocycles. The third-order valence-electron chi connectivity index (χ3n) is 3.51. The fourth-order valence-electron chi connectivity index (χ4n) is 2.49. The first-order chi connectivity index (χ1) is 10.1. The molecule has 21 heavy (non-hydrogen) atoms. The lowest BCUT2D eigenvalue weighted by atomic mass is 10.1. The molecular formula is C17H22BrFN2. The molecule has 2 nitrogen and oxygen atoms in total. The highest BCUT2D eigenvalue weighted by Gasteiger charge is 2.10. The number of benzene rings is 1. The zero-order chi connectivity index (χ0) is 15.2. The molecule has 4 heteroatoms. The van der Waals surface area contributed by atoms with Crippen LogP contribution in [0.5, 0.6) is 0 Å². The minimum absolute atomic E-state index is 0.206. The van der Waals surface area contributed by atoms with Gasteiger partial charge in [0.15, 0.2) is 0 Å². The molecule has 1 unspecified atom stereocenters. The van der Waals surface area contributed by atoms with Crippen molar-refractivity contribution in [2.45, 2.75) is 39.3 Å². The van der Waals surface area contributed by atoms with Gasteiger partial charge in [-0.2, -0.15) is 0 Å². The Labute approximate surface area is 134 Å². The number of nitrogens with zero attached hydrogens (tertiary/aromatic N) is 1. The average molecular weight is 353 g/mol. The van der Waals surface area contributed by atoms with Gasteiger partial charge in [0.2, 0.25) is 0 Å². The van der Waals surface area contributed by atoms with Gasteiger partial charge in [0.05, 0.1) is 0 Å². The van der Waals surface area contributed by atoms with Crippen molar-refractivity contribution in [3.63, 3.8) is 0 Å². The van der Waals surface area contributed by atoms with E-state index >= 15 is 0 Å². The van der Waals surface area contributed by atoms with Gasteiger partial charge in [-0.25, -0.2) is 4.39 Å². The molecule has 0 radical (unpaired) electrons. The van der Waals surface area contributed by atoms with Crippen LogP contribution in [0.25, 0.3) is 0 Å². The first-order valence-electron chi connectivity index (χ1n) is 7.46. The molecule has 2 rings (SSSR count). The Balaban J connectivity index is 2.08. The summed E-state index contributed by atoms with van der Waals surface area (Å²) in [6, 6.07) is 7.55. The van der Waals surface area contributed by atoms with Crippen LogP contribution < -0.4 is 5.32 Å².